The first-order chi connectivity index (χ1) is 10.2. The standard InChI is InChI=1S/C17H16BrClN2/c1-2-8-21-16-7-6-14(18)10-15(16)20-17(21)13-5-3-4-12(9-13)11-19/h3-7,9-10H,2,8,11H2,1H3. The van der Waals surface area contributed by atoms with Gasteiger partial charge >= 0.3 is 0 Å². The minimum absolute atomic E-state index is 0.521. The summed E-state index contributed by atoms with van der Waals surface area (Å²) in [5.41, 5.74) is 4.43. The van der Waals surface area contributed by atoms with E-state index in [9.17, 15) is 0 Å². The number of alkyl halides is 1. The molecule has 0 fully saturated rings. The summed E-state index contributed by atoms with van der Waals surface area (Å²) in [7, 11) is 0. The van der Waals surface area contributed by atoms with Gasteiger partial charge in [0.1, 0.15) is 5.82 Å². The molecule has 0 spiro atoms. The van der Waals surface area contributed by atoms with Gasteiger partial charge in [-0.15, -0.1) is 11.6 Å². The zero-order valence-electron chi connectivity index (χ0n) is 11.8. The topological polar surface area (TPSA) is 17.8 Å². The molecule has 21 heavy (non-hydrogen) atoms. The van der Waals surface area contributed by atoms with Gasteiger partial charge in [0.25, 0.3) is 0 Å². The lowest BCUT2D eigenvalue weighted by Gasteiger charge is -2.08. The molecule has 3 rings (SSSR count). The maximum Gasteiger partial charge on any atom is 0.141 e. The molecule has 0 saturated carbocycles. The van der Waals surface area contributed by atoms with Crippen molar-refractivity contribution in [2.24, 2.45) is 0 Å². The first-order valence-electron chi connectivity index (χ1n) is 7.04. The summed E-state index contributed by atoms with van der Waals surface area (Å²) < 4.78 is 3.34. The fourth-order valence-corrected chi connectivity index (χ4v) is 3.08. The predicted molar refractivity (Wildman–Crippen MR) is 92.7 cm³/mol. The highest BCUT2D eigenvalue weighted by Gasteiger charge is 2.12. The van der Waals surface area contributed by atoms with Crippen molar-refractivity contribution in [1.82, 2.24) is 9.55 Å². The van der Waals surface area contributed by atoms with Crippen LogP contribution in [-0.4, -0.2) is 9.55 Å². The van der Waals surface area contributed by atoms with Gasteiger partial charge in [0.15, 0.2) is 0 Å². The van der Waals surface area contributed by atoms with Crippen LogP contribution in [0.5, 0.6) is 0 Å². The zero-order valence-corrected chi connectivity index (χ0v) is 14.2. The normalized spacial score (nSPS) is 11.2. The van der Waals surface area contributed by atoms with E-state index in [2.05, 4.69) is 57.8 Å². The van der Waals surface area contributed by atoms with E-state index in [1.165, 1.54) is 5.52 Å². The Balaban J connectivity index is 2.22. The molecule has 0 unspecified atom stereocenters. The van der Waals surface area contributed by atoms with Gasteiger partial charge in [-0.25, -0.2) is 4.98 Å². The number of aromatic nitrogens is 2. The number of rotatable bonds is 4. The van der Waals surface area contributed by atoms with Crippen LogP contribution in [0.25, 0.3) is 22.4 Å². The highest BCUT2D eigenvalue weighted by molar-refractivity contribution is 9.10. The molecule has 0 amide bonds. The Kier molecular flexibility index (Phi) is 4.32. The molecular formula is C17H16BrClN2. The molecule has 0 saturated heterocycles. The van der Waals surface area contributed by atoms with E-state index >= 15 is 0 Å². The molecule has 4 heteroatoms. The summed E-state index contributed by atoms with van der Waals surface area (Å²) >= 11 is 9.47. The van der Waals surface area contributed by atoms with Crippen molar-refractivity contribution in [3.05, 3.63) is 52.5 Å². The lowest BCUT2D eigenvalue weighted by molar-refractivity contribution is 0.704. The molecule has 108 valence electrons. The highest BCUT2D eigenvalue weighted by Crippen LogP contribution is 2.28. The first kappa shape index (κ1) is 14.6. The molecule has 0 bridgehead atoms. The van der Waals surface area contributed by atoms with Crippen LogP contribution in [0.2, 0.25) is 0 Å². The van der Waals surface area contributed by atoms with E-state index in [0.717, 1.165) is 39.9 Å². The number of halogens is 2. The summed E-state index contributed by atoms with van der Waals surface area (Å²) in [5, 5.41) is 0. The van der Waals surface area contributed by atoms with Crippen molar-refractivity contribution in [3.8, 4) is 11.4 Å². The third-order valence-electron chi connectivity index (χ3n) is 3.50. The fourth-order valence-electron chi connectivity index (χ4n) is 2.57. The van der Waals surface area contributed by atoms with E-state index in [0.29, 0.717) is 5.88 Å². The molecule has 0 N–H and O–H groups in total. The SMILES string of the molecule is CCCn1c(-c2cccc(CCl)c2)nc2cc(Br)ccc21. The van der Waals surface area contributed by atoms with Crippen molar-refractivity contribution in [1.29, 1.82) is 0 Å². The van der Waals surface area contributed by atoms with Crippen LogP contribution in [0.1, 0.15) is 18.9 Å². The Bertz CT molecular complexity index is 780. The van der Waals surface area contributed by atoms with Gasteiger partial charge in [-0.05, 0) is 36.2 Å². The molecule has 2 aromatic carbocycles. The molecule has 2 nitrogen and oxygen atoms in total. The van der Waals surface area contributed by atoms with Crippen LogP contribution in [0, 0.1) is 0 Å². The molecular weight excluding hydrogens is 348 g/mol. The van der Waals surface area contributed by atoms with Crippen LogP contribution in [0.15, 0.2) is 46.9 Å². The lowest BCUT2D eigenvalue weighted by atomic mass is 10.1. The van der Waals surface area contributed by atoms with Crippen LogP contribution in [0.4, 0.5) is 0 Å². The summed E-state index contributed by atoms with van der Waals surface area (Å²) in [5.74, 6) is 1.53. The van der Waals surface area contributed by atoms with Crippen molar-refractivity contribution >= 4 is 38.6 Å². The van der Waals surface area contributed by atoms with Gasteiger partial charge < -0.3 is 4.57 Å². The van der Waals surface area contributed by atoms with Crippen LogP contribution < -0.4 is 0 Å². The molecule has 0 aliphatic heterocycles. The number of hydrogen-bond donors (Lipinski definition) is 0. The van der Waals surface area contributed by atoms with E-state index in [4.69, 9.17) is 16.6 Å². The van der Waals surface area contributed by atoms with Gasteiger partial charge in [0.05, 0.1) is 11.0 Å². The molecule has 3 aromatic rings. The Morgan fingerprint density at radius 2 is 2.05 bits per heavy atom. The minimum atomic E-state index is 0.521. The second-order valence-corrected chi connectivity index (χ2v) is 6.24. The smallest absolute Gasteiger partial charge is 0.141 e. The largest absolute Gasteiger partial charge is 0.324 e. The quantitative estimate of drug-likeness (QED) is 0.550. The maximum absolute atomic E-state index is 5.95. The van der Waals surface area contributed by atoms with Gasteiger partial charge in [0.2, 0.25) is 0 Å². The van der Waals surface area contributed by atoms with Gasteiger partial charge in [0, 0.05) is 22.5 Å². The zero-order chi connectivity index (χ0) is 14.8. The first-order valence-corrected chi connectivity index (χ1v) is 8.36. The van der Waals surface area contributed by atoms with Crippen molar-refractivity contribution < 1.29 is 0 Å². The van der Waals surface area contributed by atoms with Gasteiger partial charge in [-0.2, -0.15) is 0 Å². The second-order valence-electron chi connectivity index (χ2n) is 5.05. The Labute approximate surface area is 137 Å². The maximum atomic E-state index is 5.95. The number of fused-ring (bicyclic) bond motifs is 1. The number of imidazole rings is 1. The second kappa shape index (κ2) is 6.20. The lowest BCUT2D eigenvalue weighted by Crippen LogP contribution is -1.99. The monoisotopic (exact) mass is 362 g/mol. The molecule has 0 aliphatic rings. The predicted octanol–water partition coefficient (Wildman–Crippen LogP) is 5.61. The third-order valence-corrected chi connectivity index (χ3v) is 4.30. The van der Waals surface area contributed by atoms with Crippen LogP contribution in [0.3, 0.4) is 0 Å². The summed E-state index contributed by atoms with van der Waals surface area (Å²) in [6.07, 6.45) is 1.07. The van der Waals surface area contributed by atoms with E-state index in [1.807, 2.05) is 12.1 Å². The molecule has 1 heterocycles. The average molecular weight is 364 g/mol. The van der Waals surface area contributed by atoms with Crippen molar-refractivity contribution in [2.45, 2.75) is 25.8 Å². The number of benzene rings is 2. The molecule has 0 radical (unpaired) electrons. The summed E-state index contributed by atoms with van der Waals surface area (Å²) in [6, 6.07) is 14.6. The number of nitrogens with zero attached hydrogens (tertiary/aromatic N) is 2. The minimum Gasteiger partial charge on any atom is -0.324 e. The van der Waals surface area contributed by atoms with E-state index < -0.39 is 0 Å². The van der Waals surface area contributed by atoms with Crippen molar-refractivity contribution in [2.75, 3.05) is 0 Å². The van der Waals surface area contributed by atoms with Crippen molar-refractivity contribution in [3.63, 3.8) is 0 Å². The van der Waals surface area contributed by atoms with Crippen LogP contribution in [-0.2, 0) is 12.4 Å². The molecule has 0 atom stereocenters. The average Bonchev–Trinajstić information content (AvgIpc) is 2.85. The van der Waals surface area contributed by atoms with Gasteiger partial charge in [-0.1, -0.05) is 41.1 Å². The Morgan fingerprint density at radius 3 is 2.81 bits per heavy atom. The molecule has 0 aliphatic carbocycles. The summed E-state index contributed by atoms with van der Waals surface area (Å²) in [4.78, 5) is 4.83. The summed E-state index contributed by atoms with van der Waals surface area (Å²) in [6.45, 7) is 3.14. The van der Waals surface area contributed by atoms with Gasteiger partial charge in [-0.3, -0.25) is 0 Å². The number of aryl methyl sites for hydroxylation is 1. The van der Waals surface area contributed by atoms with E-state index in [1.54, 1.807) is 0 Å². The van der Waals surface area contributed by atoms with E-state index in [-0.39, 0.29) is 0 Å². The Morgan fingerprint density at radius 1 is 1.19 bits per heavy atom. The Hall–Kier alpha value is -1.32. The highest BCUT2D eigenvalue weighted by atomic mass is 79.9. The third kappa shape index (κ3) is 2.85. The number of hydrogen-bond acceptors (Lipinski definition) is 1. The molecule has 1 aromatic heterocycles. The fraction of sp³-hybridized carbons (Fsp3) is 0.235. The van der Waals surface area contributed by atoms with Crippen LogP contribution >= 0.6 is 27.5 Å².